The third-order valence-corrected chi connectivity index (χ3v) is 7.13. The van der Waals surface area contributed by atoms with E-state index >= 15 is 0 Å². The van der Waals surface area contributed by atoms with Gasteiger partial charge in [-0.15, -0.1) is 21.5 Å². The molecule has 0 aliphatic heterocycles. The van der Waals surface area contributed by atoms with E-state index in [2.05, 4.69) is 42.9 Å². The van der Waals surface area contributed by atoms with Crippen LogP contribution >= 0.6 is 34.9 Å². The van der Waals surface area contributed by atoms with Gasteiger partial charge in [0.05, 0.1) is 21.2 Å². The third-order valence-electron chi connectivity index (χ3n) is 3.88. The summed E-state index contributed by atoms with van der Waals surface area (Å²) in [6, 6.07) is 8.19. The predicted molar refractivity (Wildman–Crippen MR) is 108 cm³/mol. The Balaban J connectivity index is 1.47. The second-order valence-corrected chi connectivity index (χ2v) is 9.38. The number of hydrogen-bond acceptors (Lipinski definition) is 9. The van der Waals surface area contributed by atoms with Crippen LogP contribution in [0.5, 0.6) is 0 Å². The number of para-hydroxylation sites is 1. The third kappa shape index (κ3) is 4.02. The molecule has 0 saturated heterocycles. The highest BCUT2D eigenvalue weighted by Crippen LogP contribution is 2.35. The van der Waals surface area contributed by atoms with Gasteiger partial charge in [0, 0.05) is 6.54 Å². The highest BCUT2D eigenvalue weighted by Gasteiger charge is 2.20. The molecule has 0 fully saturated rings. The lowest BCUT2D eigenvalue weighted by atomic mass is 10.3. The lowest BCUT2D eigenvalue weighted by Crippen LogP contribution is -2.03. The summed E-state index contributed by atoms with van der Waals surface area (Å²) in [6.07, 6.45) is 0. The molecule has 27 heavy (non-hydrogen) atoms. The van der Waals surface area contributed by atoms with E-state index in [1.807, 2.05) is 32.0 Å². The Kier molecular flexibility index (Phi) is 5.46. The van der Waals surface area contributed by atoms with Gasteiger partial charge in [-0.05, 0) is 32.9 Å². The number of thioether (sulfide) groups is 2. The van der Waals surface area contributed by atoms with Gasteiger partial charge in [-0.25, -0.2) is 4.98 Å². The van der Waals surface area contributed by atoms with Crippen LogP contribution in [0.25, 0.3) is 10.2 Å². The number of benzene rings is 1. The fraction of sp³-hybridized carbons (Fsp3) is 0.353. The first-order valence-corrected chi connectivity index (χ1v) is 11.2. The maximum Gasteiger partial charge on any atom is 0.239 e. The molecule has 0 spiro atoms. The predicted octanol–water partition coefficient (Wildman–Crippen LogP) is 4.74. The summed E-state index contributed by atoms with van der Waals surface area (Å²) in [5.74, 6) is 2.92. The zero-order valence-corrected chi connectivity index (χ0v) is 17.6. The minimum absolute atomic E-state index is 0.0189. The minimum Gasteiger partial charge on any atom is -0.338 e. The van der Waals surface area contributed by atoms with Crippen LogP contribution in [0.2, 0.25) is 0 Å². The zero-order valence-electron chi connectivity index (χ0n) is 15.1. The molecule has 140 valence electrons. The van der Waals surface area contributed by atoms with E-state index in [-0.39, 0.29) is 5.25 Å². The molecule has 0 amide bonds. The van der Waals surface area contributed by atoms with E-state index in [1.54, 1.807) is 34.9 Å². The van der Waals surface area contributed by atoms with Crippen LogP contribution in [-0.2, 0) is 12.3 Å². The molecule has 1 atom stereocenters. The standard InChI is InChI=1S/C17H18N6OS3/c1-4-23-14(9-25-17-19-12-7-5-6-8-13(12)27-17)20-21-16(23)26-10(2)15-18-11(3)22-24-15/h5-8,10H,4,9H2,1-3H3. The summed E-state index contributed by atoms with van der Waals surface area (Å²) >= 11 is 4.98. The van der Waals surface area contributed by atoms with Gasteiger partial charge in [0.2, 0.25) is 5.89 Å². The largest absolute Gasteiger partial charge is 0.338 e. The molecule has 0 saturated carbocycles. The van der Waals surface area contributed by atoms with Crippen LogP contribution in [-0.4, -0.2) is 29.9 Å². The smallest absolute Gasteiger partial charge is 0.239 e. The van der Waals surface area contributed by atoms with Gasteiger partial charge in [-0.2, -0.15) is 4.98 Å². The average molecular weight is 419 g/mol. The SMILES string of the molecule is CCn1c(CSc2nc3ccccc3s2)nnc1SC(C)c1nc(C)no1. The summed E-state index contributed by atoms with van der Waals surface area (Å²) in [7, 11) is 0. The van der Waals surface area contributed by atoms with Crippen molar-refractivity contribution in [3.8, 4) is 0 Å². The molecule has 4 aromatic rings. The second-order valence-electron chi connectivity index (χ2n) is 5.82. The molecular formula is C17H18N6OS3. The number of aromatic nitrogens is 6. The van der Waals surface area contributed by atoms with Gasteiger partial charge in [0.1, 0.15) is 5.82 Å². The Morgan fingerprint density at radius 1 is 1.22 bits per heavy atom. The maximum absolute atomic E-state index is 5.26. The summed E-state index contributed by atoms with van der Waals surface area (Å²) in [5.41, 5.74) is 1.04. The molecule has 1 unspecified atom stereocenters. The van der Waals surface area contributed by atoms with Gasteiger partial charge in [0.25, 0.3) is 0 Å². The molecule has 7 nitrogen and oxygen atoms in total. The van der Waals surface area contributed by atoms with Gasteiger partial charge in [0.15, 0.2) is 15.3 Å². The second kappa shape index (κ2) is 7.99. The van der Waals surface area contributed by atoms with Crippen LogP contribution in [0.3, 0.4) is 0 Å². The number of thiazole rings is 1. The van der Waals surface area contributed by atoms with Crippen molar-refractivity contribution < 1.29 is 4.52 Å². The summed E-state index contributed by atoms with van der Waals surface area (Å²) in [4.78, 5) is 8.97. The fourth-order valence-corrected chi connectivity index (χ4v) is 5.53. The van der Waals surface area contributed by atoms with E-state index in [1.165, 1.54) is 4.70 Å². The average Bonchev–Trinajstić information content (AvgIpc) is 3.37. The summed E-state index contributed by atoms with van der Waals surface area (Å²) < 4.78 is 9.64. The van der Waals surface area contributed by atoms with Crippen LogP contribution in [0, 0.1) is 6.92 Å². The zero-order chi connectivity index (χ0) is 18.8. The van der Waals surface area contributed by atoms with Gasteiger partial charge in [-0.3, -0.25) is 0 Å². The van der Waals surface area contributed by atoms with Gasteiger partial charge in [-0.1, -0.05) is 40.8 Å². The maximum atomic E-state index is 5.26. The monoisotopic (exact) mass is 418 g/mol. The summed E-state index contributed by atoms with van der Waals surface area (Å²) in [5, 5.41) is 13.5. The normalized spacial score (nSPS) is 12.7. The first-order valence-electron chi connectivity index (χ1n) is 8.51. The van der Waals surface area contributed by atoms with Gasteiger partial charge < -0.3 is 9.09 Å². The van der Waals surface area contributed by atoms with Crippen molar-refractivity contribution >= 4 is 45.1 Å². The molecule has 10 heteroatoms. The Hall–Kier alpha value is -1.91. The van der Waals surface area contributed by atoms with E-state index in [0.29, 0.717) is 11.7 Å². The first kappa shape index (κ1) is 18.5. The number of aryl methyl sites for hydroxylation is 1. The van der Waals surface area contributed by atoms with Crippen molar-refractivity contribution in [1.82, 2.24) is 29.9 Å². The summed E-state index contributed by atoms with van der Waals surface area (Å²) in [6.45, 7) is 6.75. The molecule has 0 aliphatic rings. The van der Waals surface area contributed by atoms with Crippen LogP contribution in [0.4, 0.5) is 0 Å². The molecule has 1 aromatic carbocycles. The van der Waals surface area contributed by atoms with E-state index in [0.717, 1.165) is 33.1 Å². The Bertz CT molecular complexity index is 1020. The van der Waals surface area contributed by atoms with Crippen molar-refractivity contribution in [1.29, 1.82) is 0 Å². The molecule has 0 N–H and O–H groups in total. The fourth-order valence-electron chi connectivity index (χ4n) is 2.56. The molecule has 3 heterocycles. The molecule has 4 rings (SSSR count). The van der Waals surface area contributed by atoms with Gasteiger partial charge >= 0.3 is 0 Å². The highest BCUT2D eigenvalue weighted by atomic mass is 32.2. The van der Waals surface area contributed by atoms with Crippen molar-refractivity contribution in [2.24, 2.45) is 0 Å². The molecule has 0 bridgehead atoms. The van der Waals surface area contributed by atoms with E-state index in [9.17, 15) is 0 Å². The molecule has 3 aromatic heterocycles. The van der Waals surface area contributed by atoms with E-state index < -0.39 is 0 Å². The molecule has 0 aliphatic carbocycles. The number of fused-ring (bicyclic) bond motifs is 1. The van der Waals surface area contributed by atoms with E-state index in [4.69, 9.17) is 4.52 Å². The number of hydrogen-bond donors (Lipinski definition) is 0. The lowest BCUT2D eigenvalue weighted by molar-refractivity contribution is 0.376. The Morgan fingerprint density at radius 2 is 2.07 bits per heavy atom. The highest BCUT2D eigenvalue weighted by molar-refractivity contribution is 8.00. The Morgan fingerprint density at radius 3 is 2.81 bits per heavy atom. The van der Waals surface area contributed by atoms with Crippen molar-refractivity contribution in [2.75, 3.05) is 0 Å². The van der Waals surface area contributed by atoms with Crippen molar-refractivity contribution in [3.05, 3.63) is 41.8 Å². The van der Waals surface area contributed by atoms with Crippen molar-refractivity contribution in [3.63, 3.8) is 0 Å². The lowest BCUT2D eigenvalue weighted by Gasteiger charge is -2.08. The van der Waals surface area contributed by atoms with Crippen LogP contribution in [0.1, 0.15) is 36.6 Å². The number of nitrogens with zero attached hydrogens (tertiary/aromatic N) is 6. The Labute approximate surface area is 169 Å². The minimum atomic E-state index is 0.0189. The van der Waals surface area contributed by atoms with Crippen molar-refractivity contribution in [2.45, 2.75) is 47.8 Å². The first-order chi connectivity index (χ1) is 13.1. The number of rotatable bonds is 7. The quantitative estimate of drug-likeness (QED) is 0.398. The molecule has 0 radical (unpaired) electrons. The topological polar surface area (TPSA) is 82.5 Å². The van der Waals surface area contributed by atoms with Crippen LogP contribution < -0.4 is 0 Å². The molecular weight excluding hydrogens is 400 g/mol. The van der Waals surface area contributed by atoms with Crippen LogP contribution in [0.15, 0.2) is 38.3 Å².